The van der Waals surface area contributed by atoms with Crippen LogP contribution in [0.15, 0.2) is 0 Å². The van der Waals surface area contributed by atoms with E-state index in [0.717, 1.165) is 19.4 Å². The summed E-state index contributed by atoms with van der Waals surface area (Å²) >= 11 is 10.5. The van der Waals surface area contributed by atoms with Gasteiger partial charge in [-0.15, -0.1) is 23.2 Å². The summed E-state index contributed by atoms with van der Waals surface area (Å²) < 4.78 is 0. The molecule has 1 rings (SSSR count). The lowest BCUT2D eigenvalue weighted by Crippen LogP contribution is -2.17. The molecule has 0 spiro atoms. The molecule has 72 valence electrons. The number of nitrogens with zero attached hydrogens (tertiary/aromatic N) is 1. The summed E-state index contributed by atoms with van der Waals surface area (Å²) in [4.78, 5) is 12.3. The van der Waals surface area contributed by atoms with Gasteiger partial charge in [-0.3, -0.25) is 4.79 Å². The Hall–Kier alpha value is 0.0500. The first-order valence-electron chi connectivity index (χ1n) is 4.02. The summed E-state index contributed by atoms with van der Waals surface area (Å²) in [5.74, 6) is 0.835. The Morgan fingerprint density at radius 1 is 1.67 bits per heavy atom. The maximum Gasteiger partial charge on any atom is 0.222 e. The molecule has 0 N–H and O–H groups in total. The quantitative estimate of drug-likeness (QED) is 0.609. The van der Waals surface area contributed by atoms with Gasteiger partial charge in [0.05, 0.1) is 0 Å². The Morgan fingerprint density at radius 3 is 2.25 bits per heavy atom. The standard InChI is InChI=1S/C5H9NO.C3H6Cl2/c1-6-4-2-3-5(6)7;1-3(5)2-4/h2-4H2,1H3;3H,2H2,1H3. The smallest absolute Gasteiger partial charge is 0.222 e. The average Bonchev–Trinajstić information content (AvgIpc) is 2.37. The van der Waals surface area contributed by atoms with E-state index in [4.69, 9.17) is 23.2 Å². The highest BCUT2D eigenvalue weighted by atomic mass is 35.5. The Kier molecular flexibility index (Phi) is 6.58. The molecule has 0 aromatic rings. The topological polar surface area (TPSA) is 20.3 Å². The molecule has 1 amide bonds. The monoisotopic (exact) mass is 211 g/mol. The Bertz CT molecular complexity index is 139. The van der Waals surface area contributed by atoms with Crippen LogP contribution in [0.4, 0.5) is 0 Å². The number of carbonyl (C=O) groups excluding carboxylic acids is 1. The molecule has 0 aromatic carbocycles. The number of carbonyl (C=O) groups is 1. The first-order valence-corrected chi connectivity index (χ1v) is 4.99. The van der Waals surface area contributed by atoms with E-state index in [1.54, 1.807) is 4.90 Å². The third-order valence-corrected chi connectivity index (χ3v) is 2.30. The van der Waals surface area contributed by atoms with Crippen molar-refractivity contribution in [1.82, 2.24) is 4.90 Å². The summed E-state index contributed by atoms with van der Waals surface area (Å²) in [5, 5.41) is 0.122. The van der Waals surface area contributed by atoms with Gasteiger partial charge in [-0.05, 0) is 13.3 Å². The molecule has 1 heterocycles. The third kappa shape index (κ3) is 5.67. The Balaban J connectivity index is 0.000000217. The van der Waals surface area contributed by atoms with E-state index in [-0.39, 0.29) is 5.38 Å². The first-order chi connectivity index (χ1) is 5.57. The van der Waals surface area contributed by atoms with Crippen molar-refractivity contribution in [2.24, 2.45) is 0 Å². The molecule has 1 fully saturated rings. The zero-order valence-corrected chi connectivity index (χ0v) is 9.03. The van der Waals surface area contributed by atoms with E-state index < -0.39 is 0 Å². The molecule has 12 heavy (non-hydrogen) atoms. The molecule has 1 aliphatic rings. The summed E-state index contributed by atoms with van der Waals surface area (Å²) in [6.45, 7) is 2.81. The number of halogens is 2. The zero-order chi connectivity index (χ0) is 9.56. The highest BCUT2D eigenvalue weighted by molar-refractivity contribution is 6.27. The van der Waals surface area contributed by atoms with Gasteiger partial charge >= 0.3 is 0 Å². The van der Waals surface area contributed by atoms with Gasteiger partial charge in [0.15, 0.2) is 0 Å². The van der Waals surface area contributed by atoms with Crippen molar-refractivity contribution in [2.45, 2.75) is 25.1 Å². The SMILES string of the molecule is CC(Cl)CCl.CN1CCCC1=O. The average molecular weight is 212 g/mol. The molecule has 0 radical (unpaired) electrons. The van der Waals surface area contributed by atoms with Crippen molar-refractivity contribution >= 4 is 29.1 Å². The molecular formula is C8H15Cl2NO. The van der Waals surface area contributed by atoms with Gasteiger partial charge in [0.2, 0.25) is 5.91 Å². The fourth-order valence-electron chi connectivity index (χ4n) is 0.783. The van der Waals surface area contributed by atoms with E-state index in [1.807, 2.05) is 14.0 Å². The molecule has 1 aliphatic heterocycles. The second kappa shape index (κ2) is 6.55. The minimum Gasteiger partial charge on any atom is -0.346 e. The molecule has 0 bridgehead atoms. The van der Waals surface area contributed by atoms with Crippen molar-refractivity contribution in [3.05, 3.63) is 0 Å². The molecule has 1 atom stereocenters. The van der Waals surface area contributed by atoms with Crippen LogP contribution >= 0.6 is 23.2 Å². The van der Waals surface area contributed by atoms with Gasteiger partial charge in [0, 0.05) is 31.3 Å². The van der Waals surface area contributed by atoms with E-state index in [1.165, 1.54) is 0 Å². The van der Waals surface area contributed by atoms with Gasteiger partial charge in [0.25, 0.3) is 0 Å². The highest BCUT2D eigenvalue weighted by Crippen LogP contribution is 2.04. The second-order valence-corrected chi connectivity index (χ2v) is 3.91. The van der Waals surface area contributed by atoms with Crippen LogP contribution in [0.3, 0.4) is 0 Å². The summed E-state index contributed by atoms with van der Waals surface area (Å²) in [5.41, 5.74) is 0. The van der Waals surface area contributed by atoms with Crippen LogP contribution in [-0.2, 0) is 4.79 Å². The van der Waals surface area contributed by atoms with E-state index >= 15 is 0 Å². The minimum atomic E-state index is 0.122. The van der Waals surface area contributed by atoms with Crippen molar-refractivity contribution in [3.8, 4) is 0 Å². The number of amides is 1. The maximum atomic E-state index is 10.5. The third-order valence-electron chi connectivity index (χ3n) is 1.52. The fourth-order valence-corrected chi connectivity index (χ4v) is 0.783. The van der Waals surface area contributed by atoms with Gasteiger partial charge in [-0.2, -0.15) is 0 Å². The van der Waals surface area contributed by atoms with Crippen molar-refractivity contribution in [2.75, 3.05) is 19.5 Å². The summed E-state index contributed by atoms with van der Waals surface area (Å²) in [6.07, 6.45) is 1.81. The van der Waals surface area contributed by atoms with Crippen LogP contribution in [0.1, 0.15) is 19.8 Å². The maximum absolute atomic E-state index is 10.5. The minimum absolute atomic E-state index is 0.122. The van der Waals surface area contributed by atoms with Gasteiger partial charge in [0.1, 0.15) is 0 Å². The second-order valence-electron chi connectivity index (χ2n) is 2.85. The lowest BCUT2D eigenvalue weighted by molar-refractivity contribution is -0.126. The normalized spacial score (nSPS) is 18.7. The number of likely N-dealkylation sites (tertiary alicyclic amines) is 1. The van der Waals surface area contributed by atoms with Crippen molar-refractivity contribution in [1.29, 1.82) is 0 Å². The van der Waals surface area contributed by atoms with Crippen LogP contribution in [0.25, 0.3) is 0 Å². The summed E-state index contributed by atoms with van der Waals surface area (Å²) in [6, 6.07) is 0. The van der Waals surface area contributed by atoms with Gasteiger partial charge in [-0.25, -0.2) is 0 Å². The predicted molar refractivity (Wildman–Crippen MR) is 52.9 cm³/mol. The Labute approximate surface area is 83.8 Å². The molecule has 0 saturated carbocycles. The molecule has 4 heteroatoms. The molecule has 2 nitrogen and oxygen atoms in total. The lowest BCUT2D eigenvalue weighted by Gasteiger charge is -2.03. The van der Waals surface area contributed by atoms with Crippen LogP contribution in [-0.4, -0.2) is 35.7 Å². The first kappa shape index (κ1) is 12.0. The van der Waals surface area contributed by atoms with Crippen molar-refractivity contribution < 1.29 is 4.79 Å². The van der Waals surface area contributed by atoms with E-state index in [0.29, 0.717) is 11.8 Å². The molecule has 1 saturated heterocycles. The molecule has 1 unspecified atom stereocenters. The number of hydrogen-bond acceptors (Lipinski definition) is 1. The largest absolute Gasteiger partial charge is 0.346 e. The van der Waals surface area contributed by atoms with Crippen LogP contribution in [0.5, 0.6) is 0 Å². The van der Waals surface area contributed by atoms with Crippen LogP contribution in [0, 0.1) is 0 Å². The highest BCUT2D eigenvalue weighted by Gasteiger charge is 2.14. The fraction of sp³-hybridized carbons (Fsp3) is 0.875. The van der Waals surface area contributed by atoms with E-state index in [2.05, 4.69) is 0 Å². The lowest BCUT2D eigenvalue weighted by atomic mass is 10.4. The zero-order valence-electron chi connectivity index (χ0n) is 7.52. The number of hydrogen-bond donors (Lipinski definition) is 0. The van der Waals surface area contributed by atoms with Crippen LogP contribution in [0.2, 0.25) is 0 Å². The van der Waals surface area contributed by atoms with Crippen molar-refractivity contribution in [3.63, 3.8) is 0 Å². The molecule has 0 aliphatic carbocycles. The molecular weight excluding hydrogens is 197 g/mol. The van der Waals surface area contributed by atoms with Gasteiger partial charge in [-0.1, -0.05) is 0 Å². The summed E-state index contributed by atoms with van der Waals surface area (Å²) in [7, 11) is 1.84. The van der Waals surface area contributed by atoms with Crippen LogP contribution < -0.4 is 0 Å². The van der Waals surface area contributed by atoms with Gasteiger partial charge < -0.3 is 4.90 Å². The predicted octanol–water partition coefficient (Wildman–Crippen LogP) is 2.09. The Morgan fingerprint density at radius 2 is 2.17 bits per heavy atom. The van der Waals surface area contributed by atoms with E-state index in [9.17, 15) is 4.79 Å². The number of alkyl halides is 2. The number of rotatable bonds is 1. The molecule has 0 aromatic heterocycles.